The van der Waals surface area contributed by atoms with Crippen molar-refractivity contribution in [2.75, 3.05) is 11.9 Å². The van der Waals surface area contributed by atoms with E-state index < -0.39 is 0 Å². The van der Waals surface area contributed by atoms with E-state index in [-0.39, 0.29) is 23.7 Å². The SMILES string of the molecule is Cc1ccc(C)c(Oc2coc3cc(OCC(=O)Nc4ccc(C)c(Cl)c4)ccc3c2=O)c1. The van der Waals surface area contributed by atoms with Gasteiger partial charge in [-0.2, -0.15) is 0 Å². The van der Waals surface area contributed by atoms with Gasteiger partial charge in [0.15, 0.2) is 6.61 Å². The van der Waals surface area contributed by atoms with Crippen LogP contribution in [0, 0.1) is 20.8 Å². The fourth-order valence-corrected chi connectivity index (χ4v) is 3.38. The highest BCUT2D eigenvalue weighted by molar-refractivity contribution is 6.31. The molecule has 0 aliphatic heterocycles. The predicted octanol–water partition coefficient (Wildman–Crippen LogP) is 6.18. The summed E-state index contributed by atoms with van der Waals surface area (Å²) >= 11 is 6.08. The Morgan fingerprint density at radius 1 is 0.970 bits per heavy atom. The molecule has 168 valence electrons. The summed E-state index contributed by atoms with van der Waals surface area (Å²) in [5.74, 6) is 0.753. The highest BCUT2D eigenvalue weighted by Crippen LogP contribution is 2.27. The third kappa shape index (κ3) is 5.18. The minimum absolute atomic E-state index is 0.0982. The molecule has 0 saturated carbocycles. The van der Waals surface area contributed by atoms with Gasteiger partial charge in [-0.15, -0.1) is 0 Å². The molecule has 1 heterocycles. The van der Waals surface area contributed by atoms with Crippen molar-refractivity contribution in [1.82, 2.24) is 0 Å². The second-order valence-corrected chi connectivity index (χ2v) is 8.17. The van der Waals surface area contributed by atoms with Gasteiger partial charge >= 0.3 is 0 Å². The molecule has 0 unspecified atom stereocenters. The first kappa shape index (κ1) is 22.4. The van der Waals surface area contributed by atoms with Crippen molar-refractivity contribution < 1.29 is 18.7 Å². The van der Waals surface area contributed by atoms with E-state index in [1.807, 2.05) is 45.0 Å². The lowest BCUT2D eigenvalue weighted by molar-refractivity contribution is -0.118. The molecule has 33 heavy (non-hydrogen) atoms. The number of halogens is 1. The van der Waals surface area contributed by atoms with E-state index in [2.05, 4.69) is 5.32 Å². The smallest absolute Gasteiger partial charge is 0.262 e. The van der Waals surface area contributed by atoms with Crippen LogP contribution in [0.25, 0.3) is 11.0 Å². The molecule has 0 radical (unpaired) electrons. The van der Waals surface area contributed by atoms with Crippen LogP contribution in [0.1, 0.15) is 16.7 Å². The molecule has 0 saturated heterocycles. The fraction of sp³-hybridized carbons (Fsp3) is 0.154. The van der Waals surface area contributed by atoms with Gasteiger partial charge in [0, 0.05) is 16.8 Å². The zero-order valence-corrected chi connectivity index (χ0v) is 19.2. The first-order valence-corrected chi connectivity index (χ1v) is 10.7. The number of carbonyl (C=O) groups excluding carboxylic acids is 1. The Bertz CT molecular complexity index is 1410. The van der Waals surface area contributed by atoms with E-state index in [9.17, 15) is 9.59 Å². The van der Waals surface area contributed by atoms with Crippen LogP contribution >= 0.6 is 11.6 Å². The Morgan fingerprint density at radius 3 is 2.55 bits per heavy atom. The Balaban J connectivity index is 1.46. The van der Waals surface area contributed by atoms with Gasteiger partial charge in [-0.05, 0) is 67.8 Å². The van der Waals surface area contributed by atoms with Crippen molar-refractivity contribution in [3.05, 3.63) is 92.8 Å². The number of aryl methyl sites for hydroxylation is 3. The summed E-state index contributed by atoms with van der Waals surface area (Å²) < 4.78 is 17.0. The quantitative estimate of drug-likeness (QED) is 0.369. The molecule has 0 spiro atoms. The Hall–Kier alpha value is -3.77. The van der Waals surface area contributed by atoms with Crippen LogP contribution in [-0.2, 0) is 4.79 Å². The molecule has 0 bridgehead atoms. The summed E-state index contributed by atoms with van der Waals surface area (Å²) in [6.45, 7) is 5.53. The molecule has 3 aromatic carbocycles. The minimum Gasteiger partial charge on any atom is -0.484 e. The van der Waals surface area contributed by atoms with Crippen LogP contribution in [0.2, 0.25) is 5.02 Å². The van der Waals surface area contributed by atoms with Gasteiger partial charge < -0.3 is 19.2 Å². The van der Waals surface area contributed by atoms with E-state index in [0.717, 1.165) is 16.7 Å². The summed E-state index contributed by atoms with van der Waals surface area (Å²) in [5.41, 5.74) is 3.48. The molecule has 6 nitrogen and oxygen atoms in total. The molecule has 0 aliphatic rings. The molecule has 7 heteroatoms. The maximum Gasteiger partial charge on any atom is 0.262 e. The number of carbonyl (C=O) groups is 1. The van der Waals surface area contributed by atoms with E-state index in [0.29, 0.717) is 33.2 Å². The van der Waals surface area contributed by atoms with Gasteiger partial charge in [0.25, 0.3) is 5.91 Å². The Morgan fingerprint density at radius 2 is 1.76 bits per heavy atom. The number of anilines is 1. The topological polar surface area (TPSA) is 77.8 Å². The Kier molecular flexibility index (Phi) is 6.38. The van der Waals surface area contributed by atoms with E-state index in [1.165, 1.54) is 6.26 Å². The second-order valence-electron chi connectivity index (χ2n) is 7.76. The lowest BCUT2D eigenvalue weighted by Gasteiger charge is -2.10. The molecule has 1 aromatic heterocycles. The highest BCUT2D eigenvalue weighted by Gasteiger charge is 2.12. The molecule has 1 amide bonds. The number of amides is 1. The molecular formula is C26H22ClNO5. The minimum atomic E-state index is -0.339. The van der Waals surface area contributed by atoms with Gasteiger partial charge in [-0.3, -0.25) is 9.59 Å². The average Bonchev–Trinajstić information content (AvgIpc) is 2.79. The molecule has 1 N–H and O–H groups in total. The van der Waals surface area contributed by atoms with Crippen molar-refractivity contribution in [2.24, 2.45) is 0 Å². The lowest BCUT2D eigenvalue weighted by atomic mass is 10.1. The van der Waals surface area contributed by atoms with Crippen molar-refractivity contribution in [1.29, 1.82) is 0 Å². The number of hydrogen-bond donors (Lipinski definition) is 1. The van der Waals surface area contributed by atoms with E-state index in [4.69, 9.17) is 25.5 Å². The maximum atomic E-state index is 12.9. The number of nitrogens with one attached hydrogen (secondary N) is 1. The van der Waals surface area contributed by atoms with Gasteiger partial charge in [-0.1, -0.05) is 29.8 Å². The third-order valence-electron chi connectivity index (χ3n) is 5.10. The van der Waals surface area contributed by atoms with Gasteiger partial charge in [0.05, 0.1) is 5.39 Å². The van der Waals surface area contributed by atoms with Gasteiger partial charge in [0.2, 0.25) is 11.2 Å². The average molecular weight is 464 g/mol. The summed E-state index contributed by atoms with van der Waals surface area (Å²) in [4.78, 5) is 25.1. The monoisotopic (exact) mass is 463 g/mol. The number of benzene rings is 3. The highest BCUT2D eigenvalue weighted by atomic mass is 35.5. The molecule has 0 atom stereocenters. The normalized spacial score (nSPS) is 10.8. The molecule has 4 aromatic rings. The largest absolute Gasteiger partial charge is 0.484 e. The summed E-state index contributed by atoms with van der Waals surface area (Å²) in [6, 6.07) is 15.8. The van der Waals surface area contributed by atoms with Crippen LogP contribution in [0.4, 0.5) is 5.69 Å². The molecular weight excluding hydrogens is 442 g/mol. The number of rotatable bonds is 6. The molecule has 0 aliphatic carbocycles. The van der Waals surface area contributed by atoms with Crippen LogP contribution in [0.5, 0.6) is 17.2 Å². The number of fused-ring (bicyclic) bond motifs is 1. The third-order valence-corrected chi connectivity index (χ3v) is 5.51. The van der Waals surface area contributed by atoms with Crippen LogP contribution in [0.3, 0.4) is 0 Å². The molecule has 0 fully saturated rings. The zero-order valence-electron chi connectivity index (χ0n) is 18.4. The number of ether oxygens (including phenoxy) is 2. The Labute approximate surface area is 195 Å². The van der Waals surface area contributed by atoms with Crippen molar-refractivity contribution in [3.63, 3.8) is 0 Å². The zero-order chi connectivity index (χ0) is 23.5. The predicted molar refractivity (Wildman–Crippen MR) is 129 cm³/mol. The first-order valence-electron chi connectivity index (χ1n) is 10.3. The first-order chi connectivity index (χ1) is 15.8. The van der Waals surface area contributed by atoms with Crippen LogP contribution in [-0.4, -0.2) is 12.5 Å². The number of hydrogen-bond acceptors (Lipinski definition) is 5. The van der Waals surface area contributed by atoms with E-state index in [1.54, 1.807) is 30.3 Å². The van der Waals surface area contributed by atoms with Crippen molar-refractivity contribution in [3.8, 4) is 17.2 Å². The fourth-order valence-electron chi connectivity index (χ4n) is 3.20. The van der Waals surface area contributed by atoms with Gasteiger partial charge in [-0.25, -0.2) is 0 Å². The van der Waals surface area contributed by atoms with Crippen molar-refractivity contribution in [2.45, 2.75) is 20.8 Å². The standard InChI is InChI=1S/C26H22ClNO5/c1-15-4-5-17(3)22(10-15)33-24-13-32-23-12-19(8-9-20(23)26(24)30)31-14-25(29)28-18-7-6-16(2)21(27)11-18/h4-13H,14H2,1-3H3,(H,28,29). The summed E-state index contributed by atoms with van der Waals surface area (Å²) in [6.07, 6.45) is 1.28. The maximum absolute atomic E-state index is 12.9. The molecule has 4 rings (SSSR count). The van der Waals surface area contributed by atoms with Crippen molar-refractivity contribution >= 4 is 34.2 Å². The summed E-state index contributed by atoms with van der Waals surface area (Å²) in [7, 11) is 0. The van der Waals surface area contributed by atoms with Crippen LogP contribution < -0.4 is 20.2 Å². The van der Waals surface area contributed by atoms with Gasteiger partial charge in [0.1, 0.15) is 23.3 Å². The second kappa shape index (κ2) is 9.38. The van der Waals surface area contributed by atoms with Crippen LogP contribution in [0.15, 0.2) is 70.1 Å². The lowest BCUT2D eigenvalue weighted by Crippen LogP contribution is -2.20. The summed E-state index contributed by atoms with van der Waals surface area (Å²) in [5, 5.41) is 3.65. The van der Waals surface area contributed by atoms with E-state index >= 15 is 0 Å².